The summed E-state index contributed by atoms with van der Waals surface area (Å²) in [6.07, 6.45) is 0. The fraction of sp³-hybridized carbons (Fsp3) is 0.0952. The summed E-state index contributed by atoms with van der Waals surface area (Å²) in [6, 6.07) is 45.0. The Morgan fingerprint density at radius 2 is 1.12 bits per heavy atom. The molecule has 0 radical (unpaired) electrons. The average Bonchev–Trinajstić information content (AvgIpc) is 3.61. The van der Waals surface area contributed by atoms with Crippen LogP contribution in [0.1, 0.15) is 43.0 Å². The van der Waals surface area contributed by atoms with Crippen molar-refractivity contribution < 1.29 is 14.7 Å². The Balaban J connectivity index is 0.000000226. The van der Waals surface area contributed by atoms with Gasteiger partial charge in [0, 0.05) is 59.8 Å². The van der Waals surface area contributed by atoms with Gasteiger partial charge in [0.15, 0.2) is 11.6 Å². The zero-order chi connectivity index (χ0) is 35.0. The normalized spacial score (nSPS) is 10.6. The summed E-state index contributed by atoms with van der Waals surface area (Å²) in [4.78, 5) is 28.2. The highest BCUT2D eigenvalue weighted by Gasteiger charge is 2.16. The van der Waals surface area contributed by atoms with E-state index in [1.807, 2.05) is 172 Å². The number of aromatic hydroxyl groups is 1. The molecule has 0 amide bonds. The zero-order valence-electron chi connectivity index (χ0n) is 28.1. The van der Waals surface area contributed by atoms with Crippen molar-refractivity contribution in [2.24, 2.45) is 0 Å². The van der Waals surface area contributed by atoms with E-state index in [9.17, 15) is 14.7 Å². The molecule has 0 saturated carbocycles. The first kappa shape index (κ1) is 33.4. The van der Waals surface area contributed by atoms with Gasteiger partial charge in [0.05, 0.1) is 0 Å². The molecule has 0 spiro atoms. The van der Waals surface area contributed by atoms with Gasteiger partial charge in [0.2, 0.25) is 0 Å². The number of nitrogens with one attached hydrogen (secondary N) is 1. The van der Waals surface area contributed by atoms with E-state index in [-0.39, 0.29) is 17.3 Å². The molecule has 0 bridgehead atoms. The Labute approximate surface area is 291 Å². The molecule has 1 aromatic heterocycles. The standard InChI is InChI=1S/C28H24N4O2.C14H13NO/c1-19-16-22(28(34)26(17-19)32-29-24-10-6-7-11-25(24)30-32)18-31(2)23-14-12-21(13-15-23)27(33)20-8-4-3-5-9-20;1-15-13-9-7-12(8-10-13)14(16)11-5-3-2-4-6-11/h3-17,34H,18H2,1-2H3;2-10,15H,1H3. The van der Waals surface area contributed by atoms with Gasteiger partial charge in [-0.15, -0.1) is 15.0 Å². The van der Waals surface area contributed by atoms with Crippen LogP contribution in [-0.2, 0) is 6.54 Å². The maximum Gasteiger partial charge on any atom is 0.193 e. The lowest BCUT2D eigenvalue weighted by Crippen LogP contribution is -2.17. The number of phenols is 1. The Kier molecular flexibility index (Phi) is 10.1. The van der Waals surface area contributed by atoms with E-state index in [1.54, 1.807) is 0 Å². The number of aryl methyl sites for hydroxylation is 1. The molecule has 248 valence electrons. The van der Waals surface area contributed by atoms with Crippen LogP contribution in [0.3, 0.4) is 0 Å². The molecule has 8 heteroatoms. The molecule has 6 aromatic carbocycles. The van der Waals surface area contributed by atoms with E-state index < -0.39 is 0 Å². The maximum absolute atomic E-state index is 12.7. The molecule has 0 unspecified atom stereocenters. The van der Waals surface area contributed by atoms with E-state index in [0.29, 0.717) is 28.9 Å². The van der Waals surface area contributed by atoms with Crippen LogP contribution < -0.4 is 10.2 Å². The summed E-state index contributed by atoms with van der Waals surface area (Å²) in [7, 11) is 3.81. The number of fused-ring (bicyclic) bond motifs is 1. The Morgan fingerprint density at radius 1 is 0.660 bits per heavy atom. The minimum atomic E-state index is -0.00474. The van der Waals surface area contributed by atoms with E-state index >= 15 is 0 Å². The first-order valence-electron chi connectivity index (χ1n) is 16.2. The number of carbonyl (C=O) groups is 2. The van der Waals surface area contributed by atoms with Crippen molar-refractivity contribution in [1.82, 2.24) is 15.0 Å². The topological polar surface area (TPSA) is 100 Å². The first-order valence-corrected chi connectivity index (χ1v) is 16.2. The monoisotopic (exact) mass is 659 g/mol. The average molecular weight is 660 g/mol. The van der Waals surface area contributed by atoms with Crippen LogP contribution in [0.5, 0.6) is 5.75 Å². The molecular formula is C42H37N5O3. The molecule has 0 aliphatic heterocycles. The lowest BCUT2D eigenvalue weighted by atomic mass is 10.0. The Hall–Kier alpha value is -6.54. The van der Waals surface area contributed by atoms with Crippen molar-refractivity contribution in [1.29, 1.82) is 0 Å². The van der Waals surface area contributed by atoms with Crippen LogP contribution in [0, 0.1) is 6.92 Å². The van der Waals surface area contributed by atoms with Crippen molar-refractivity contribution >= 4 is 34.0 Å². The minimum absolute atomic E-state index is 0.00474. The number of benzene rings is 6. The van der Waals surface area contributed by atoms with Crippen molar-refractivity contribution in [2.75, 3.05) is 24.3 Å². The van der Waals surface area contributed by atoms with E-state index in [0.717, 1.165) is 39.1 Å². The van der Waals surface area contributed by atoms with Gasteiger partial charge in [-0.2, -0.15) is 0 Å². The molecule has 0 saturated heterocycles. The van der Waals surface area contributed by atoms with Crippen LogP contribution in [0.4, 0.5) is 11.4 Å². The second kappa shape index (κ2) is 15.1. The van der Waals surface area contributed by atoms with Crippen LogP contribution >= 0.6 is 0 Å². The first-order chi connectivity index (χ1) is 24.3. The van der Waals surface area contributed by atoms with Gasteiger partial charge in [-0.05, 0) is 79.2 Å². The lowest BCUT2D eigenvalue weighted by Gasteiger charge is -2.21. The number of anilines is 2. The number of rotatable bonds is 9. The third-order valence-corrected chi connectivity index (χ3v) is 8.30. The third-order valence-electron chi connectivity index (χ3n) is 8.30. The van der Waals surface area contributed by atoms with Crippen molar-refractivity contribution in [2.45, 2.75) is 13.5 Å². The summed E-state index contributed by atoms with van der Waals surface area (Å²) in [5.74, 6) is 0.201. The zero-order valence-corrected chi connectivity index (χ0v) is 28.1. The fourth-order valence-corrected chi connectivity index (χ4v) is 5.59. The third kappa shape index (κ3) is 7.61. The van der Waals surface area contributed by atoms with Gasteiger partial charge in [-0.1, -0.05) is 78.9 Å². The maximum atomic E-state index is 12.7. The minimum Gasteiger partial charge on any atom is -0.505 e. The van der Waals surface area contributed by atoms with Crippen LogP contribution in [0.25, 0.3) is 16.7 Å². The van der Waals surface area contributed by atoms with Crippen LogP contribution in [-0.4, -0.2) is 45.8 Å². The summed E-state index contributed by atoms with van der Waals surface area (Å²) < 4.78 is 0. The van der Waals surface area contributed by atoms with E-state index in [4.69, 9.17) is 0 Å². The van der Waals surface area contributed by atoms with Gasteiger partial charge in [-0.25, -0.2) is 0 Å². The van der Waals surface area contributed by atoms with Gasteiger partial charge in [0.25, 0.3) is 0 Å². The second-order valence-electron chi connectivity index (χ2n) is 11.9. The number of hydrogen-bond donors (Lipinski definition) is 2. The predicted octanol–water partition coefficient (Wildman–Crippen LogP) is 8.26. The van der Waals surface area contributed by atoms with Gasteiger partial charge in [-0.3, -0.25) is 9.59 Å². The van der Waals surface area contributed by atoms with E-state index in [2.05, 4.69) is 15.5 Å². The Morgan fingerprint density at radius 3 is 1.62 bits per heavy atom. The molecule has 1 heterocycles. The number of aromatic nitrogens is 3. The molecule has 7 aromatic rings. The van der Waals surface area contributed by atoms with Crippen LogP contribution in [0.2, 0.25) is 0 Å². The number of carbonyl (C=O) groups excluding carboxylic acids is 2. The SMILES string of the molecule is CNc1ccc(C(=O)c2ccccc2)cc1.Cc1cc(CN(C)c2ccc(C(=O)c3ccccc3)cc2)c(O)c(-n2nc3ccccc3n2)c1. The van der Waals surface area contributed by atoms with Crippen molar-refractivity contribution in [3.05, 3.63) is 179 Å². The summed E-state index contributed by atoms with van der Waals surface area (Å²) in [5, 5.41) is 23.1. The highest BCUT2D eigenvalue weighted by atomic mass is 16.3. The highest BCUT2D eigenvalue weighted by molar-refractivity contribution is 6.09. The summed E-state index contributed by atoms with van der Waals surface area (Å²) in [5.41, 5.74) is 8.54. The molecule has 8 nitrogen and oxygen atoms in total. The molecule has 0 aliphatic carbocycles. The van der Waals surface area contributed by atoms with Crippen molar-refractivity contribution in [3.8, 4) is 11.4 Å². The van der Waals surface area contributed by atoms with Crippen LogP contribution in [0.15, 0.2) is 146 Å². The molecule has 0 fully saturated rings. The fourth-order valence-electron chi connectivity index (χ4n) is 5.59. The predicted molar refractivity (Wildman–Crippen MR) is 200 cm³/mol. The van der Waals surface area contributed by atoms with Gasteiger partial charge in [0.1, 0.15) is 22.5 Å². The molecule has 2 N–H and O–H groups in total. The lowest BCUT2D eigenvalue weighted by molar-refractivity contribution is 0.103. The van der Waals surface area contributed by atoms with Gasteiger partial charge < -0.3 is 15.3 Å². The summed E-state index contributed by atoms with van der Waals surface area (Å²) in [6.45, 7) is 2.47. The second-order valence-corrected chi connectivity index (χ2v) is 11.9. The van der Waals surface area contributed by atoms with E-state index in [1.165, 1.54) is 4.80 Å². The van der Waals surface area contributed by atoms with Gasteiger partial charge >= 0.3 is 0 Å². The quantitative estimate of drug-likeness (QED) is 0.151. The van der Waals surface area contributed by atoms with Crippen molar-refractivity contribution in [3.63, 3.8) is 0 Å². The number of ketones is 2. The molecule has 0 aliphatic rings. The highest BCUT2D eigenvalue weighted by Crippen LogP contribution is 2.30. The molecule has 7 rings (SSSR count). The largest absolute Gasteiger partial charge is 0.505 e. The molecule has 50 heavy (non-hydrogen) atoms. The Bertz CT molecular complexity index is 2200. The number of nitrogens with zero attached hydrogens (tertiary/aromatic N) is 4. The number of phenolic OH excluding ortho intramolecular Hbond substituents is 1. The molecule has 0 atom stereocenters. The summed E-state index contributed by atoms with van der Waals surface area (Å²) >= 11 is 0. The smallest absolute Gasteiger partial charge is 0.193 e. The number of hydrogen-bond acceptors (Lipinski definition) is 7. The molecular weight excluding hydrogens is 622 g/mol.